The number of fused-ring (bicyclic) bond motifs is 3. The number of halogens is 1. The third kappa shape index (κ3) is 3.65. The third-order valence-corrected chi connectivity index (χ3v) is 7.55. The van der Waals surface area contributed by atoms with Crippen molar-refractivity contribution in [2.75, 3.05) is 7.05 Å². The van der Waals surface area contributed by atoms with Gasteiger partial charge in [0.1, 0.15) is 11.3 Å². The lowest BCUT2D eigenvalue weighted by molar-refractivity contribution is 0.0696. The Bertz CT molecular complexity index is 1190. The number of rotatable bonds is 3. The second-order valence-corrected chi connectivity index (χ2v) is 9.59. The van der Waals surface area contributed by atoms with Gasteiger partial charge < -0.3 is 9.88 Å². The molecule has 0 bridgehead atoms. The van der Waals surface area contributed by atoms with Gasteiger partial charge in [0.05, 0.1) is 27.8 Å². The number of imidazole rings is 1. The lowest BCUT2D eigenvalue weighted by Gasteiger charge is -2.31. The molecule has 0 spiro atoms. The molecule has 0 saturated heterocycles. The summed E-state index contributed by atoms with van der Waals surface area (Å²) in [6, 6.07) is 3.81. The number of benzene rings is 1. The van der Waals surface area contributed by atoms with Gasteiger partial charge in [0, 0.05) is 19.0 Å². The summed E-state index contributed by atoms with van der Waals surface area (Å²) in [7, 11) is 1.86. The van der Waals surface area contributed by atoms with Crippen molar-refractivity contribution in [1.29, 1.82) is 0 Å². The van der Waals surface area contributed by atoms with E-state index in [-0.39, 0.29) is 17.5 Å². The van der Waals surface area contributed by atoms with Crippen molar-refractivity contribution < 1.29 is 4.79 Å². The number of amides is 1. The zero-order valence-electron chi connectivity index (χ0n) is 18.0. The zero-order valence-corrected chi connectivity index (χ0v) is 18.7. The minimum absolute atomic E-state index is 0.0853. The Labute approximate surface area is 186 Å². The highest BCUT2D eigenvalue weighted by Crippen LogP contribution is 2.34. The fraction of sp³-hybridized carbons (Fsp3) is 0.542. The van der Waals surface area contributed by atoms with Crippen LogP contribution in [0.1, 0.15) is 86.3 Å². The number of aromatic nitrogens is 3. The number of H-pyrrole nitrogens is 1. The molecule has 0 aliphatic heterocycles. The summed E-state index contributed by atoms with van der Waals surface area (Å²) in [6.45, 7) is 0. The van der Waals surface area contributed by atoms with E-state index in [0.29, 0.717) is 27.5 Å². The Hall–Kier alpha value is -2.34. The van der Waals surface area contributed by atoms with Gasteiger partial charge in [-0.25, -0.2) is 4.98 Å². The Morgan fingerprint density at radius 2 is 1.74 bits per heavy atom. The lowest BCUT2D eigenvalue weighted by Crippen LogP contribution is -2.38. The largest absolute Gasteiger partial charge is 0.339 e. The van der Waals surface area contributed by atoms with Gasteiger partial charge in [-0.1, -0.05) is 50.1 Å². The highest BCUT2D eigenvalue weighted by atomic mass is 35.5. The molecule has 5 rings (SSSR count). The summed E-state index contributed by atoms with van der Waals surface area (Å²) in [5, 5.41) is 0.414. The van der Waals surface area contributed by atoms with Crippen molar-refractivity contribution in [2.45, 2.75) is 76.2 Å². The average Bonchev–Trinajstić information content (AvgIpc) is 3.26. The number of carbonyl (C=O) groups is 1. The molecule has 7 heteroatoms. The highest BCUT2D eigenvalue weighted by molar-refractivity contribution is 6.34. The monoisotopic (exact) mass is 440 g/mol. The van der Waals surface area contributed by atoms with Crippen LogP contribution in [0.3, 0.4) is 0 Å². The second kappa shape index (κ2) is 8.30. The SMILES string of the molecule is CN(C(=O)c1cc2[nH]c(=O)c3cnc(C4CCCCC4)n3c2cc1Cl)C1CCCCC1. The van der Waals surface area contributed by atoms with E-state index in [4.69, 9.17) is 11.6 Å². The van der Waals surface area contributed by atoms with Crippen LogP contribution in [-0.4, -0.2) is 38.3 Å². The number of nitrogens with zero attached hydrogens (tertiary/aromatic N) is 3. The van der Waals surface area contributed by atoms with Gasteiger partial charge >= 0.3 is 0 Å². The standard InChI is InChI=1S/C24H29ClN4O2/c1-28(16-10-6-3-7-11-16)24(31)17-12-19-20(13-18(17)25)29-21(23(30)27-19)14-26-22(29)15-8-4-2-5-9-15/h12-16H,2-11H2,1H3,(H,27,30). The molecule has 1 amide bonds. The van der Waals surface area contributed by atoms with E-state index >= 15 is 0 Å². The molecule has 0 atom stereocenters. The fourth-order valence-corrected chi connectivity index (χ4v) is 5.69. The molecular weight excluding hydrogens is 412 g/mol. The number of aromatic amines is 1. The molecule has 2 aromatic heterocycles. The van der Waals surface area contributed by atoms with E-state index in [1.165, 1.54) is 25.7 Å². The van der Waals surface area contributed by atoms with Crippen molar-refractivity contribution in [3.63, 3.8) is 0 Å². The van der Waals surface area contributed by atoms with Gasteiger partial charge in [-0.15, -0.1) is 0 Å². The van der Waals surface area contributed by atoms with Gasteiger partial charge in [-0.2, -0.15) is 0 Å². The van der Waals surface area contributed by atoms with E-state index in [0.717, 1.165) is 49.9 Å². The molecule has 2 aliphatic rings. The quantitative estimate of drug-likeness (QED) is 0.602. The molecule has 2 aliphatic carbocycles. The first-order valence-electron chi connectivity index (χ1n) is 11.5. The van der Waals surface area contributed by atoms with Crippen molar-refractivity contribution in [2.24, 2.45) is 0 Å². The maximum absolute atomic E-state index is 13.3. The molecular formula is C24H29ClN4O2. The van der Waals surface area contributed by atoms with Gasteiger partial charge in [-0.05, 0) is 37.8 Å². The minimum atomic E-state index is -0.191. The first kappa shape index (κ1) is 20.6. The van der Waals surface area contributed by atoms with Crippen LogP contribution in [-0.2, 0) is 0 Å². The molecule has 0 radical (unpaired) electrons. The summed E-state index contributed by atoms with van der Waals surface area (Å²) in [5.41, 5.74) is 2.20. The van der Waals surface area contributed by atoms with Crippen molar-refractivity contribution in [3.8, 4) is 0 Å². The zero-order chi connectivity index (χ0) is 21.5. The first-order chi connectivity index (χ1) is 15.0. The summed E-state index contributed by atoms with van der Waals surface area (Å²) in [6.07, 6.45) is 13.1. The van der Waals surface area contributed by atoms with E-state index in [2.05, 4.69) is 9.97 Å². The number of hydrogen-bond donors (Lipinski definition) is 1. The molecule has 1 aromatic carbocycles. The van der Waals surface area contributed by atoms with Crippen LogP contribution >= 0.6 is 11.6 Å². The normalized spacial score (nSPS) is 18.6. The van der Waals surface area contributed by atoms with Crippen LogP contribution in [0.15, 0.2) is 23.1 Å². The predicted octanol–water partition coefficient (Wildman–Crippen LogP) is 5.28. The first-order valence-corrected chi connectivity index (χ1v) is 11.9. The van der Waals surface area contributed by atoms with Crippen LogP contribution in [0.4, 0.5) is 0 Å². The van der Waals surface area contributed by atoms with Gasteiger partial charge in [-0.3, -0.25) is 14.0 Å². The molecule has 6 nitrogen and oxygen atoms in total. The summed E-state index contributed by atoms with van der Waals surface area (Å²) >= 11 is 6.65. The van der Waals surface area contributed by atoms with Gasteiger partial charge in [0.15, 0.2) is 0 Å². The van der Waals surface area contributed by atoms with Gasteiger partial charge in [0.2, 0.25) is 0 Å². The van der Waals surface area contributed by atoms with Crippen LogP contribution in [0, 0.1) is 0 Å². The Kier molecular flexibility index (Phi) is 5.51. The molecule has 3 aromatic rings. The molecule has 2 fully saturated rings. The molecule has 31 heavy (non-hydrogen) atoms. The average molecular weight is 441 g/mol. The van der Waals surface area contributed by atoms with Crippen molar-refractivity contribution >= 4 is 34.1 Å². The van der Waals surface area contributed by atoms with Gasteiger partial charge in [0.25, 0.3) is 11.5 Å². The summed E-state index contributed by atoms with van der Waals surface area (Å²) in [5.74, 6) is 1.19. The van der Waals surface area contributed by atoms with Crippen LogP contribution < -0.4 is 5.56 Å². The topological polar surface area (TPSA) is 70.5 Å². The summed E-state index contributed by atoms with van der Waals surface area (Å²) in [4.78, 5) is 35.4. The smallest absolute Gasteiger partial charge is 0.274 e. The van der Waals surface area contributed by atoms with E-state index in [1.807, 2.05) is 22.4 Å². The Balaban J connectivity index is 1.60. The Morgan fingerprint density at radius 1 is 1.06 bits per heavy atom. The third-order valence-electron chi connectivity index (χ3n) is 7.24. The predicted molar refractivity (Wildman–Crippen MR) is 123 cm³/mol. The van der Waals surface area contributed by atoms with E-state index in [9.17, 15) is 9.59 Å². The maximum Gasteiger partial charge on any atom is 0.274 e. The molecule has 2 saturated carbocycles. The van der Waals surface area contributed by atoms with Crippen LogP contribution in [0.5, 0.6) is 0 Å². The summed E-state index contributed by atoms with van der Waals surface area (Å²) < 4.78 is 1.95. The molecule has 0 unspecified atom stereocenters. The maximum atomic E-state index is 13.3. The van der Waals surface area contributed by atoms with Crippen molar-refractivity contribution in [1.82, 2.24) is 19.3 Å². The molecule has 1 N–H and O–H groups in total. The van der Waals surface area contributed by atoms with E-state index in [1.54, 1.807) is 12.3 Å². The number of hydrogen-bond acceptors (Lipinski definition) is 3. The molecule has 164 valence electrons. The fourth-order valence-electron chi connectivity index (χ4n) is 5.45. The minimum Gasteiger partial charge on any atom is -0.339 e. The lowest BCUT2D eigenvalue weighted by atomic mass is 9.89. The highest BCUT2D eigenvalue weighted by Gasteiger charge is 2.26. The number of nitrogens with one attached hydrogen (secondary N) is 1. The van der Waals surface area contributed by atoms with Crippen LogP contribution in [0.2, 0.25) is 5.02 Å². The Morgan fingerprint density at radius 3 is 2.45 bits per heavy atom. The molecule has 2 heterocycles. The van der Waals surface area contributed by atoms with E-state index < -0.39 is 0 Å². The van der Waals surface area contributed by atoms with Crippen molar-refractivity contribution in [3.05, 3.63) is 45.1 Å². The van der Waals surface area contributed by atoms with Crippen LogP contribution in [0.25, 0.3) is 16.6 Å². The second-order valence-electron chi connectivity index (χ2n) is 9.18. The number of carbonyl (C=O) groups excluding carboxylic acids is 1.